The van der Waals surface area contributed by atoms with Crippen molar-refractivity contribution in [1.29, 1.82) is 5.26 Å². The zero-order chi connectivity index (χ0) is 15.7. The lowest BCUT2D eigenvalue weighted by Gasteiger charge is -2.36. The van der Waals surface area contributed by atoms with Crippen LogP contribution in [0, 0.1) is 16.7 Å². The minimum absolute atomic E-state index is 0.247. The van der Waals surface area contributed by atoms with E-state index in [1.807, 2.05) is 0 Å². The van der Waals surface area contributed by atoms with Crippen molar-refractivity contribution in [1.82, 2.24) is 0 Å². The molecule has 1 atom stereocenters. The molecule has 1 aliphatic rings. The lowest BCUT2D eigenvalue weighted by atomic mass is 9.75. The Hall–Kier alpha value is -1.70. The van der Waals surface area contributed by atoms with Gasteiger partial charge in [-0.2, -0.15) is 18.4 Å². The lowest BCUT2D eigenvalue weighted by molar-refractivity contribution is -0.137. The summed E-state index contributed by atoms with van der Waals surface area (Å²) in [6, 6.07) is 5.57. The fraction of sp³-hybridized carbons (Fsp3) is 0.562. The van der Waals surface area contributed by atoms with Crippen LogP contribution in [-0.2, 0) is 6.18 Å². The number of nitrogens with one attached hydrogen (secondary N) is 1. The summed E-state index contributed by atoms with van der Waals surface area (Å²) in [5.41, 5.74) is -0.371. The number of nitriles is 1. The predicted molar refractivity (Wildman–Crippen MR) is 75.8 cm³/mol. The first-order valence-corrected chi connectivity index (χ1v) is 7.09. The molecule has 0 aromatic heterocycles. The molecule has 0 radical (unpaired) electrons. The van der Waals surface area contributed by atoms with Crippen LogP contribution in [0.25, 0.3) is 0 Å². The van der Waals surface area contributed by atoms with Gasteiger partial charge in [0, 0.05) is 11.7 Å². The minimum Gasteiger partial charge on any atom is -0.382 e. The Kier molecular flexibility index (Phi) is 4.18. The summed E-state index contributed by atoms with van der Waals surface area (Å²) < 4.78 is 38.3. The average Bonchev–Trinajstić information content (AvgIpc) is 2.36. The van der Waals surface area contributed by atoms with E-state index in [0.717, 1.165) is 25.3 Å². The maximum atomic E-state index is 12.8. The van der Waals surface area contributed by atoms with Gasteiger partial charge in [-0.3, -0.25) is 0 Å². The first-order chi connectivity index (χ1) is 9.71. The van der Waals surface area contributed by atoms with Crippen molar-refractivity contribution in [3.8, 4) is 6.07 Å². The number of nitrogens with zero attached hydrogens (tertiary/aromatic N) is 1. The van der Waals surface area contributed by atoms with E-state index in [2.05, 4.69) is 19.2 Å². The summed E-state index contributed by atoms with van der Waals surface area (Å²) in [5, 5.41) is 12.2. The number of alkyl halides is 3. The van der Waals surface area contributed by atoms with Gasteiger partial charge in [0.25, 0.3) is 0 Å². The van der Waals surface area contributed by atoms with Crippen molar-refractivity contribution in [2.75, 3.05) is 5.32 Å². The lowest BCUT2D eigenvalue weighted by Crippen LogP contribution is -2.31. The summed E-state index contributed by atoms with van der Waals surface area (Å²) in [6.45, 7) is 4.41. The van der Waals surface area contributed by atoms with Gasteiger partial charge in [-0.05, 0) is 42.9 Å². The summed E-state index contributed by atoms with van der Waals surface area (Å²) in [7, 11) is 0. The minimum atomic E-state index is -4.49. The molecule has 0 spiro atoms. The maximum Gasteiger partial charge on any atom is 0.417 e. The van der Waals surface area contributed by atoms with Crippen molar-refractivity contribution in [2.24, 2.45) is 5.41 Å². The molecule has 0 aliphatic heterocycles. The summed E-state index contributed by atoms with van der Waals surface area (Å²) in [4.78, 5) is 0. The molecule has 1 fully saturated rings. The monoisotopic (exact) mass is 296 g/mol. The largest absolute Gasteiger partial charge is 0.417 e. The topological polar surface area (TPSA) is 35.8 Å². The molecule has 2 rings (SSSR count). The number of halogens is 3. The standard InChI is InChI=1S/C16H19F3N2/c1-15(2)7-3-4-13(9-15)21-12-5-6-14(16(17,18)19)11(8-12)10-20/h5-6,8,13,21H,3-4,7,9H2,1-2H3. The second-order valence-electron chi connectivity index (χ2n) is 6.47. The van der Waals surface area contributed by atoms with Crippen LogP contribution in [0.5, 0.6) is 0 Å². The van der Waals surface area contributed by atoms with E-state index in [4.69, 9.17) is 5.26 Å². The van der Waals surface area contributed by atoms with Crippen LogP contribution in [0.4, 0.5) is 18.9 Å². The van der Waals surface area contributed by atoms with Crippen LogP contribution in [-0.4, -0.2) is 6.04 Å². The molecular weight excluding hydrogens is 277 g/mol. The van der Waals surface area contributed by atoms with Gasteiger partial charge in [0.15, 0.2) is 0 Å². The Balaban J connectivity index is 2.17. The van der Waals surface area contributed by atoms with Crippen LogP contribution < -0.4 is 5.32 Å². The quantitative estimate of drug-likeness (QED) is 0.837. The molecule has 0 amide bonds. The summed E-state index contributed by atoms with van der Waals surface area (Å²) in [6.07, 6.45) is -0.225. The highest BCUT2D eigenvalue weighted by Crippen LogP contribution is 2.37. The van der Waals surface area contributed by atoms with Crippen molar-refractivity contribution >= 4 is 5.69 Å². The molecule has 1 aliphatic carbocycles. The van der Waals surface area contributed by atoms with Crippen LogP contribution in [0.1, 0.15) is 50.7 Å². The number of hydrogen-bond acceptors (Lipinski definition) is 2. The predicted octanol–water partition coefficient (Wildman–Crippen LogP) is 4.96. The van der Waals surface area contributed by atoms with Gasteiger partial charge >= 0.3 is 6.18 Å². The Morgan fingerprint density at radius 2 is 2.05 bits per heavy atom. The fourth-order valence-electron chi connectivity index (χ4n) is 3.03. The van der Waals surface area contributed by atoms with Crippen LogP contribution >= 0.6 is 0 Å². The molecule has 1 N–H and O–H groups in total. The first kappa shape index (κ1) is 15.7. The van der Waals surface area contributed by atoms with E-state index in [0.29, 0.717) is 5.69 Å². The summed E-state index contributed by atoms with van der Waals surface area (Å²) in [5.74, 6) is 0. The Labute approximate surface area is 123 Å². The average molecular weight is 296 g/mol. The van der Waals surface area contributed by atoms with E-state index in [1.165, 1.54) is 18.6 Å². The van der Waals surface area contributed by atoms with Gasteiger partial charge < -0.3 is 5.32 Å². The van der Waals surface area contributed by atoms with E-state index >= 15 is 0 Å². The van der Waals surface area contributed by atoms with Gasteiger partial charge in [0.2, 0.25) is 0 Å². The Morgan fingerprint density at radius 1 is 1.33 bits per heavy atom. The van der Waals surface area contributed by atoms with Crippen molar-refractivity contribution in [2.45, 2.75) is 51.7 Å². The molecule has 114 valence electrons. The number of rotatable bonds is 2. The van der Waals surface area contributed by atoms with Crippen LogP contribution in [0.3, 0.4) is 0 Å². The van der Waals surface area contributed by atoms with Crippen molar-refractivity contribution < 1.29 is 13.2 Å². The number of benzene rings is 1. The zero-order valence-corrected chi connectivity index (χ0v) is 12.2. The van der Waals surface area contributed by atoms with Gasteiger partial charge in [-0.25, -0.2) is 0 Å². The van der Waals surface area contributed by atoms with Crippen LogP contribution in [0.2, 0.25) is 0 Å². The van der Waals surface area contributed by atoms with Gasteiger partial charge in [-0.1, -0.05) is 20.3 Å². The number of anilines is 1. The highest BCUT2D eigenvalue weighted by Gasteiger charge is 2.34. The molecule has 1 unspecified atom stereocenters. The van der Waals surface area contributed by atoms with E-state index in [-0.39, 0.29) is 17.0 Å². The molecule has 1 saturated carbocycles. The van der Waals surface area contributed by atoms with E-state index in [1.54, 1.807) is 6.07 Å². The van der Waals surface area contributed by atoms with Gasteiger partial charge in [0.1, 0.15) is 0 Å². The molecule has 1 aromatic rings. The molecule has 0 bridgehead atoms. The van der Waals surface area contributed by atoms with Crippen molar-refractivity contribution in [3.05, 3.63) is 29.3 Å². The molecule has 21 heavy (non-hydrogen) atoms. The molecular formula is C16H19F3N2. The van der Waals surface area contributed by atoms with E-state index < -0.39 is 11.7 Å². The normalized spacial score (nSPS) is 21.6. The van der Waals surface area contributed by atoms with E-state index in [9.17, 15) is 13.2 Å². The highest BCUT2D eigenvalue weighted by atomic mass is 19.4. The SMILES string of the molecule is CC1(C)CCCC(Nc2ccc(C(F)(F)F)c(C#N)c2)C1. The highest BCUT2D eigenvalue weighted by molar-refractivity contribution is 5.54. The first-order valence-electron chi connectivity index (χ1n) is 7.09. The molecule has 2 nitrogen and oxygen atoms in total. The molecule has 1 aromatic carbocycles. The maximum absolute atomic E-state index is 12.8. The third-order valence-electron chi connectivity index (χ3n) is 4.02. The zero-order valence-electron chi connectivity index (χ0n) is 12.2. The van der Waals surface area contributed by atoms with Gasteiger partial charge in [0.05, 0.1) is 17.2 Å². The molecule has 0 saturated heterocycles. The second-order valence-corrected chi connectivity index (χ2v) is 6.47. The fourth-order valence-corrected chi connectivity index (χ4v) is 3.03. The molecule has 5 heteroatoms. The molecule has 0 heterocycles. The second kappa shape index (κ2) is 5.59. The Morgan fingerprint density at radius 3 is 2.62 bits per heavy atom. The number of hydrogen-bond donors (Lipinski definition) is 1. The van der Waals surface area contributed by atoms with Crippen molar-refractivity contribution in [3.63, 3.8) is 0 Å². The van der Waals surface area contributed by atoms with Gasteiger partial charge in [-0.15, -0.1) is 0 Å². The Bertz CT molecular complexity index is 556. The third kappa shape index (κ3) is 3.90. The van der Waals surface area contributed by atoms with Crippen LogP contribution in [0.15, 0.2) is 18.2 Å². The smallest absolute Gasteiger partial charge is 0.382 e. The summed E-state index contributed by atoms with van der Waals surface area (Å²) >= 11 is 0. The third-order valence-corrected chi connectivity index (χ3v) is 4.02.